The zero-order valence-corrected chi connectivity index (χ0v) is 18.9. The Balaban J connectivity index is 1.40. The second-order valence-corrected chi connectivity index (χ2v) is 8.63. The van der Waals surface area contributed by atoms with Crippen LogP contribution in [-0.4, -0.2) is 80.3 Å². The molecule has 0 saturated carbocycles. The number of hydrogen-bond donors (Lipinski definition) is 2. The standard InChI is InChI=1S/C24H38N4O3/c1-20-9-5-7-13-27(20)14-8-6-12-25-24(30)26-19-22(21-10-3-2-4-11-21)23(29)28-15-17-31-18-16-28/h2-4,10-11,20,22H,5-9,12-19H2,1H3,(H2,25,26,30). The predicted molar refractivity (Wildman–Crippen MR) is 122 cm³/mol. The Labute approximate surface area is 186 Å². The lowest BCUT2D eigenvalue weighted by Crippen LogP contribution is -2.46. The van der Waals surface area contributed by atoms with Gasteiger partial charge in [-0.25, -0.2) is 4.79 Å². The lowest BCUT2D eigenvalue weighted by Gasteiger charge is -2.33. The number of morpholine rings is 1. The molecule has 7 heteroatoms. The van der Waals surface area contributed by atoms with Crippen molar-refractivity contribution in [1.29, 1.82) is 0 Å². The lowest BCUT2D eigenvalue weighted by molar-refractivity contribution is -0.136. The maximum atomic E-state index is 13.1. The summed E-state index contributed by atoms with van der Waals surface area (Å²) in [6, 6.07) is 10.2. The monoisotopic (exact) mass is 430 g/mol. The number of benzene rings is 1. The van der Waals surface area contributed by atoms with Gasteiger partial charge in [0.2, 0.25) is 5.91 Å². The number of ether oxygens (including phenoxy) is 1. The third kappa shape index (κ3) is 7.51. The van der Waals surface area contributed by atoms with Gasteiger partial charge in [0.1, 0.15) is 0 Å². The van der Waals surface area contributed by atoms with E-state index in [1.165, 1.54) is 25.8 Å². The van der Waals surface area contributed by atoms with Gasteiger partial charge in [0.05, 0.1) is 19.1 Å². The minimum atomic E-state index is -0.384. The van der Waals surface area contributed by atoms with E-state index in [2.05, 4.69) is 22.5 Å². The number of unbranched alkanes of at least 4 members (excludes halogenated alkanes) is 1. The first-order valence-electron chi connectivity index (χ1n) is 11.8. The number of hydrogen-bond acceptors (Lipinski definition) is 4. The van der Waals surface area contributed by atoms with Crippen LogP contribution in [0.1, 0.15) is 50.5 Å². The minimum absolute atomic E-state index is 0.0467. The second kappa shape index (κ2) is 12.7. The average molecular weight is 431 g/mol. The van der Waals surface area contributed by atoms with Gasteiger partial charge in [-0.1, -0.05) is 36.8 Å². The lowest BCUT2D eigenvalue weighted by atomic mass is 9.97. The van der Waals surface area contributed by atoms with Crippen molar-refractivity contribution < 1.29 is 14.3 Å². The molecule has 7 nitrogen and oxygen atoms in total. The highest BCUT2D eigenvalue weighted by Gasteiger charge is 2.27. The van der Waals surface area contributed by atoms with Crippen LogP contribution in [0, 0.1) is 0 Å². The summed E-state index contributed by atoms with van der Waals surface area (Å²) in [5.74, 6) is -0.337. The first kappa shape index (κ1) is 23.5. The van der Waals surface area contributed by atoms with Crippen LogP contribution >= 0.6 is 0 Å². The van der Waals surface area contributed by atoms with Gasteiger partial charge >= 0.3 is 6.03 Å². The van der Waals surface area contributed by atoms with Crippen molar-refractivity contribution >= 4 is 11.9 Å². The van der Waals surface area contributed by atoms with E-state index in [0.717, 1.165) is 24.9 Å². The molecular formula is C24H38N4O3. The van der Waals surface area contributed by atoms with Crippen molar-refractivity contribution in [2.75, 3.05) is 52.5 Å². The van der Waals surface area contributed by atoms with Crippen LogP contribution in [0.4, 0.5) is 4.79 Å². The summed E-state index contributed by atoms with van der Waals surface area (Å²) in [6.45, 7) is 7.90. The van der Waals surface area contributed by atoms with E-state index < -0.39 is 0 Å². The highest BCUT2D eigenvalue weighted by Crippen LogP contribution is 2.19. The molecule has 2 saturated heterocycles. The average Bonchev–Trinajstić information content (AvgIpc) is 2.81. The summed E-state index contributed by atoms with van der Waals surface area (Å²) in [5, 5.41) is 5.85. The van der Waals surface area contributed by atoms with E-state index in [-0.39, 0.29) is 24.4 Å². The van der Waals surface area contributed by atoms with Crippen LogP contribution in [0.3, 0.4) is 0 Å². The molecule has 2 aliphatic rings. The van der Waals surface area contributed by atoms with Crippen LogP contribution < -0.4 is 10.6 Å². The van der Waals surface area contributed by atoms with Crippen molar-refractivity contribution in [1.82, 2.24) is 20.4 Å². The van der Waals surface area contributed by atoms with Gasteiger partial charge < -0.3 is 25.2 Å². The molecule has 31 heavy (non-hydrogen) atoms. The molecule has 0 aliphatic carbocycles. The van der Waals surface area contributed by atoms with E-state index in [1.807, 2.05) is 35.2 Å². The van der Waals surface area contributed by atoms with E-state index in [9.17, 15) is 9.59 Å². The van der Waals surface area contributed by atoms with Gasteiger partial charge in [-0.3, -0.25) is 4.79 Å². The number of amides is 3. The molecule has 0 radical (unpaired) electrons. The van der Waals surface area contributed by atoms with Gasteiger partial charge in [0.15, 0.2) is 0 Å². The number of urea groups is 1. The normalized spacial score (nSPS) is 20.8. The molecule has 2 N–H and O–H groups in total. The number of likely N-dealkylation sites (tertiary alicyclic amines) is 1. The Morgan fingerprint density at radius 3 is 2.58 bits per heavy atom. The Morgan fingerprint density at radius 1 is 1.06 bits per heavy atom. The van der Waals surface area contributed by atoms with Crippen LogP contribution in [0.5, 0.6) is 0 Å². The van der Waals surface area contributed by atoms with Crippen molar-refractivity contribution in [3.8, 4) is 0 Å². The van der Waals surface area contributed by atoms with Crippen LogP contribution in [0.15, 0.2) is 30.3 Å². The topological polar surface area (TPSA) is 73.9 Å². The molecule has 172 valence electrons. The fourth-order valence-corrected chi connectivity index (χ4v) is 4.43. The van der Waals surface area contributed by atoms with Crippen molar-refractivity contribution in [2.24, 2.45) is 0 Å². The third-order valence-corrected chi connectivity index (χ3v) is 6.39. The summed E-state index contributed by atoms with van der Waals surface area (Å²) in [4.78, 5) is 29.8. The molecule has 0 spiro atoms. The predicted octanol–water partition coefficient (Wildman–Crippen LogP) is 2.58. The van der Waals surface area contributed by atoms with Crippen molar-refractivity contribution in [2.45, 2.75) is 51.0 Å². The maximum Gasteiger partial charge on any atom is 0.314 e. The van der Waals surface area contributed by atoms with Gasteiger partial charge in [-0.2, -0.15) is 0 Å². The van der Waals surface area contributed by atoms with Crippen LogP contribution in [-0.2, 0) is 9.53 Å². The molecule has 3 rings (SSSR count). The summed E-state index contributed by atoms with van der Waals surface area (Å²) in [7, 11) is 0. The number of piperidine rings is 1. The fourth-order valence-electron chi connectivity index (χ4n) is 4.43. The Kier molecular flexibility index (Phi) is 9.62. The summed E-state index contributed by atoms with van der Waals surface area (Å²) in [6.07, 6.45) is 6.00. The number of nitrogens with one attached hydrogen (secondary N) is 2. The van der Waals surface area contributed by atoms with E-state index in [0.29, 0.717) is 38.9 Å². The third-order valence-electron chi connectivity index (χ3n) is 6.39. The molecular weight excluding hydrogens is 392 g/mol. The highest BCUT2D eigenvalue weighted by atomic mass is 16.5. The Morgan fingerprint density at radius 2 is 1.84 bits per heavy atom. The molecule has 0 aromatic heterocycles. The molecule has 1 aromatic rings. The minimum Gasteiger partial charge on any atom is -0.378 e. The van der Waals surface area contributed by atoms with Gasteiger partial charge in [0.25, 0.3) is 0 Å². The first-order valence-corrected chi connectivity index (χ1v) is 11.8. The van der Waals surface area contributed by atoms with Gasteiger partial charge in [-0.15, -0.1) is 0 Å². The van der Waals surface area contributed by atoms with Crippen LogP contribution in [0.2, 0.25) is 0 Å². The summed E-state index contributed by atoms with van der Waals surface area (Å²) >= 11 is 0. The second-order valence-electron chi connectivity index (χ2n) is 8.63. The van der Waals surface area contributed by atoms with E-state index >= 15 is 0 Å². The first-order chi connectivity index (χ1) is 15.1. The summed E-state index contributed by atoms with van der Waals surface area (Å²) < 4.78 is 5.37. The Bertz CT molecular complexity index is 679. The fraction of sp³-hybridized carbons (Fsp3) is 0.667. The van der Waals surface area contributed by atoms with Gasteiger partial charge in [0, 0.05) is 32.2 Å². The van der Waals surface area contributed by atoms with E-state index in [1.54, 1.807) is 0 Å². The molecule has 1 aromatic carbocycles. The van der Waals surface area contributed by atoms with Crippen molar-refractivity contribution in [3.05, 3.63) is 35.9 Å². The number of rotatable bonds is 9. The Hall–Kier alpha value is -2.12. The zero-order valence-electron chi connectivity index (χ0n) is 18.9. The van der Waals surface area contributed by atoms with Gasteiger partial charge in [-0.05, 0) is 51.3 Å². The molecule has 2 atom stereocenters. The highest BCUT2D eigenvalue weighted by molar-refractivity contribution is 5.85. The quantitative estimate of drug-likeness (QED) is 0.591. The smallest absolute Gasteiger partial charge is 0.314 e. The summed E-state index contributed by atoms with van der Waals surface area (Å²) in [5.41, 5.74) is 0.926. The SMILES string of the molecule is CC1CCCCN1CCCCNC(=O)NCC(C(=O)N1CCOCC1)c1ccccc1. The van der Waals surface area contributed by atoms with Crippen LogP contribution in [0.25, 0.3) is 0 Å². The number of carbonyl (C=O) groups excluding carboxylic acids is 2. The molecule has 3 amide bonds. The molecule has 2 unspecified atom stereocenters. The molecule has 0 bridgehead atoms. The zero-order chi connectivity index (χ0) is 21.9. The molecule has 2 fully saturated rings. The maximum absolute atomic E-state index is 13.1. The number of carbonyl (C=O) groups is 2. The number of nitrogens with zero attached hydrogens (tertiary/aromatic N) is 2. The van der Waals surface area contributed by atoms with E-state index in [4.69, 9.17) is 4.74 Å². The largest absolute Gasteiger partial charge is 0.378 e. The molecule has 2 heterocycles. The molecule has 2 aliphatic heterocycles. The van der Waals surface area contributed by atoms with Crippen molar-refractivity contribution in [3.63, 3.8) is 0 Å².